The van der Waals surface area contributed by atoms with Crippen LogP contribution in [-0.2, 0) is 6.54 Å². The molecular weight excluding hydrogens is 599 g/mol. The first kappa shape index (κ1) is 30.0. The van der Waals surface area contributed by atoms with Gasteiger partial charge in [-0.1, -0.05) is 91.0 Å². The molecule has 6 aromatic rings. The molecule has 0 bridgehead atoms. The van der Waals surface area contributed by atoms with E-state index in [-0.39, 0.29) is 6.04 Å². The van der Waals surface area contributed by atoms with E-state index in [0.717, 1.165) is 55.8 Å². The van der Waals surface area contributed by atoms with Crippen molar-refractivity contribution in [3.63, 3.8) is 0 Å². The third kappa shape index (κ3) is 4.88. The number of nitriles is 2. The smallest absolute Gasteiger partial charge is 0.0998 e. The normalized spacial score (nSPS) is 16.1. The van der Waals surface area contributed by atoms with Gasteiger partial charge < -0.3 is 15.2 Å². The van der Waals surface area contributed by atoms with Gasteiger partial charge in [0.25, 0.3) is 0 Å². The summed E-state index contributed by atoms with van der Waals surface area (Å²) in [5.74, 6) is 0.329. The first-order valence-corrected chi connectivity index (χ1v) is 16.5. The van der Waals surface area contributed by atoms with Gasteiger partial charge >= 0.3 is 0 Å². The maximum Gasteiger partial charge on any atom is 0.0998 e. The van der Waals surface area contributed by atoms with E-state index in [9.17, 15) is 10.5 Å². The van der Waals surface area contributed by atoms with E-state index < -0.39 is 0 Å². The van der Waals surface area contributed by atoms with E-state index in [1.807, 2.05) is 55.5 Å². The Kier molecular flexibility index (Phi) is 7.54. The minimum absolute atomic E-state index is 0.238. The highest BCUT2D eigenvalue weighted by Gasteiger charge is 2.36. The molecule has 0 radical (unpaired) electrons. The molecular formula is C44H33N5. The quantitative estimate of drug-likeness (QED) is 0.198. The van der Waals surface area contributed by atoms with E-state index in [1.165, 1.54) is 11.3 Å². The average molecular weight is 632 g/mol. The molecule has 0 spiro atoms. The van der Waals surface area contributed by atoms with Gasteiger partial charge in [0.15, 0.2) is 0 Å². The van der Waals surface area contributed by atoms with Crippen molar-refractivity contribution in [2.24, 2.45) is 5.73 Å². The first-order valence-electron chi connectivity index (χ1n) is 16.5. The van der Waals surface area contributed by atoms with Crippen LogP contribution >= 0.6 is 0 Å². The van der Waals surface area contributed by atoms with Gasteiger partial charge in [-0.15, -0.1) is 0 Å². The zero-order chi connectivity index (χ0) is 33.5. The molecule has 49 heavy (non-hydrogen) atoms. The molecule has 0 saturated carbocycles. The molecule has 0 saturated heterocycles. The summed E-state index contributed by atoms with van der Waals surface area (Å²) in [4.78, 5) is 2.43. The first-order chi connectivity index (χ1) is 24.1. The van der Waals surface area contributed by atoms with Crippen LogP contribution in [0, 0.1) is 22.7 Å². The lowest BCUT2D eigenvalue weighted by Crippen LogP contribution is -2.28. The van der Waals surface area contributed by atoms with E-state index in [4.69, 9.17) is 5.73 Å². The summed E-state index contributed by atoms with van der Waals surface area (Å²) in [7, 11) is 0. The Bertz CT molecular complexity index is 2430. The van der Waals surface area contributed by atoms with E-state index >= 15 is 0 Å². The Morgan fingerprint density at radius 2 is 1.53 bits per heavy atom. The van der Waals surface area contributed by atoms with Gasteiger partial charge in [0, 0.05) is 40.4 Å². The zero-order valence-electron chi connectivity index (χ0n) is 27.1. The Labute approximate surface area is 286 Å². The van der Waals surface area contributed by atoms with Gasteiger partial charge in [-0.3, -0.25) is 0 Å². The zero-order valence-corrected chi connectivity index (χ0v) is 27.1. The minimum atomic E-state index is 0.238. The minimum Gasteiger partial charge on any atom is -0.333 e. The second-order valence-electron chi connectivity index (χ2n) is 12.4. The number of hydrogen-bond acceptors (Lipinski definition) is 4. The Hall–Kier alpha value is -6.40. The van der Waals surface area contributed by atoms with Crippen molar-refractivity contribution < 1.29 is 0 Å². The van der Waals surface area contributed by atoms with Gasteiger partial charge in [-0.05, 0) is 83.8 Å². The maximum absolute atomic E-state index is 10.3. The lowest BCUT2D eigenvalue weighted by molar-refractivity contribution is 0.745. The van der Waals surface area contributed by atoms with Crippen LogP contribution in [0.1, 0.15) is 40.8 Å². The predicted octanol–water partition coefficient (Wildman–Crippen LogP) is 9.93. The van der Waals surface area contributed by atoms with Crippen molar-refractivity contribution >= 4 is 28.4 Å². The van der Waals surface area contributed by atoms with Gasteiger partial charge in [0.1, 0.15) is 0 Å². The van der Waals surface area contributed by atoms with Crippen molar-refractivity contribution in [2.75, 3.05) is 4.90 Å². The number of para-hydroxylation sites is 2. The second-order valence-corrected chi connectivity index (χ2v) is 12.4. The lowest BCUT2D eigenvalue weighted by atomic mass is 9.91. The molecule has 5 heteroatoms. The molecule has 0 amide bonds. The summed E-state index contributed by atoms with van der Waals surface area (Å²) in [6, 6.07) is 42.2. The van der Waals surface area contributed by atoms with Crippen LogP contribution in [0.3, 0.4) is 0 Å². The summed E-state index contributed by atoms with van der Waals surface area (Å²) in [5, 5.41) is 21.4. The van der Waals surface area contributed by atoms with E-state index in [0.29, 0.717) is 23.6 Å². The Morgan fingerprint density at radius 1 is 0.755 bits per heavy atom. The van der Waals surface area contributed by atoms with Crippen LogP contribution in [-0.4, -0.2) is 10.6 Å². The molecule has 0 fully saturated rings. The van der Waals surface area contributed by atoms with Crippen molar-refractivity contribution in [1.82, 2.24) is 4.57 Å². The maximum atomic E-state index is 10.3. The van der Waals surface area contributed by atoms with Crippen molar-refractivity contribution in [2.45, 2.75) is 25.4 Å². The number of nitrogens with two attached hydrogens (primary N) is 1. The summed E-state index contributed by atoms with van der Waals surface area (Å²) in [6.07, 6.45) is 12.9. The van der Waals surface area contributed by atoms with Gasteiger partial charge in [0.05, 0.1) is 46.2 Å². The fourth-order valence-corrected chi connectivity index (χ4v) is 7.60. The summed E-state index contributed by atoms with van der Waals surface area (Å²) in [6.45, 7) is 2.36. The fourth-order valence-electron chi connectivity index (χ4n) is 7.60. The third-order valence-corrected chi connectivity index (χ3v) is 9.78. The number of nitrogens with zero attached hydrogens (tertiary/aromatic N) is 4. The molecule has 1 aliphatic carbocycles. The molecule has 8 rings (SSSR count). The molecule has 5 nitrogen and oxygen atoms in total. The summed E-state index contributed by atoms with van der Waals surface area (Å²) in [5.41, 5.74) is 18.7. The van der Waals surface area contributed by atoms with Gasteiger partial charge in [0.2, 0.25) is 0 Å². The summed E-state index contributed by atoms with van der Waals surface area (Å²) < 4.78 is 2.17. The molecule has 5 aromatic carbocycles. The highest BCUT2D eigenvalue weighted by Crippen LogP contribution is 2.48. The topological polar surface area (TPSA) is 81.8 Å². The fraction of sp³-hybridized carbons (Fsp3) is 0.0909. The van der Waals surface area contributed by atoms with E-state index in [1.54, 1.807) is 0 Å². The Balaban J connectivity index is 1.25. The molecule has 1 aliphatic heterocycles. The van der Waals surface area contributed by atoms with Crippen molar-refractivity contribution in [1.29, 1.82) is 10.5 Å². The van der Waals surface area contributed by atoms with Crippen LogP contribution < -0.4 is 10.6 Å². The number of aromatic nitrogens is 1. The number of anilines is 2. The number of rotatable bonds is 6. The molecule has 2 heterocycles. The van der Waals surface area contributed by atoms with Crippen LogP contribution in [0.25, 0.3) is 44.9 Å². The number of benzene rings is 5. The standard InChI is InChI=1S/C44H33N5/c1-2-9-40-39(28-47)36-12-5-8-15-43(36)49(40)44-24-29(26-45)16-23-37(44)38-25-31(17-18-32(38)27-46)30-19-21-33(22-20-30)48-41-13-6-3-10-34(41)35-11-4-7-14-42(35)48/h2-25,34,41H,28,47H2,1H3/b9-2-. The summed E-state index contributed by atoms with van der Waals surface area (Å²) >= 11 is 0. The largest absolute Gasteiger partial charge is 0.333 e. The molecule has 2 unspecified atom stereocenters. The van der Waals surface area contributed by atoms with Crippen molar-refractivity contribution in [3.8, 4) is 40.1 Å². The predicted molar refractivity (Wildman–Crippen MR) is 200 cm³/mol. The molecule has 2 aliphatic rings. The monoisotopic (exact) mass is 631 g/mol. The van der Waals surface area contributed by atoms with E-state index in [2.05, 4.69) is 119 Å². The van der Waals surface area contributed by atoms with Gasteiger partial charge in [-0.2, -0.15) is 10.5 Å². The van der Waals surface area contributed by atoms with Gasteiger partial charge in [-0.25, -0.2) is 0 Å². The molecule has 2 atom stereocenters. The second kappa shape index (κ2) is 12.3. The van der Waals surface area contributed by atoms with Crippen molar-refractivity contribution in [3.05, 3.63) is 168 Å². The van der Waals surface area contributed by atoms with Crippen LogP contribution in [0.4, 0.5) is 11.4 Å². The third-order valence-electron chi connectivity index (χ3n) is 9.78. The molecule has 1 aromatic heterocycles. The molecule has 2 N–H and O–H groups in total. The Morgan fingerprint density at radius 3 is 2.33 bits per heavy atom. The number of allylic oxidation sites excluding steroid dienone is 3. The highest BCUT2D eigenvalue weighted by molar-refractivity contribution is 5.93. The lowest BCUT2D eigenvalue weighted by Gasteiger charge is -2.28. The average Bonchev–Trinajstić information content (AvgIpc) is 3.66. The highest BCUT2D eigenvalue weighted by atomic mass is 15.2. The van der Waals surface area contributed by atoms with Crippen LogP contribution in [0.15, 0.2) is 140 Å². The number of hydrogen-bond donors (Lipinski definition) is 1. The van der Waals surface area contributed by atoms with Crippen LogP contribution in [0.2, 0.25) is 0 Å². The van der Waals surface area contributed by atoms with Crippen LogP contribution in [0.5, 0.6) is 0 Å². The molecule has 234 valence electrons. The number of fused-ring (bicyclic) bond motifs is 4. The SMILES string of the molecule is C/C=C\c1c(CN)c2ccccc2n1-c1cc(C#N)ccc1-c1cc(-c2ccc(N3c4ccccc4C4C=CC=CC43)cc2)ccc1C#N.